The summed E-state index contributed by atoms with van der Waals surface area (Å²) in [5.41, 5.74) is 8.01. The summed E-state index contributed by atoms with van der Waals surface area (Å²) in [4.78, 5) is 7.85. The molecule has 1 N–H and O–H groups in total. The average molecular weight is 541 g/mol. The molecule has 7 rings (SSSR count). The Morgan fingerprint density at radius 2 is 1.64 bits per heavy atom. The number of benzene rings is 2. The van der Waals surface area contributed by atoms with Gasteiger partial charge in [-0.15, -0.1) is 0 Å². The summed E-state index contributed by atoms with van der Waals surface area (Å²) in [5, 5.41) is 8.30. The Kier molecular flexibility index (Phi) is 6.12. The summed E-state index contributed by atoms with van der Waals surface area (Å²) in [6, 6.07) is 16.3. The number of H-pyrrole nitrogens is 1. The Hall–Kier alpha value is -3.03. The first-order valence-electron chi connectivity index (χ1n) is 14.5. The molecule has 1 aliphatic heterocycles. The molecule has 0 radical (unpaired) electrons. The second kappa shape index (κ2) is 9.56. The van der Waals surface area contributed by atoms with Crippen LogP contribution in [0.5, 0.6) is 0 Å². The first-order chi connectivity index (χ1) is 19.0. The van der Waals surface area contributed by atoms with Crippen LogP contribution in [0.2, 0.25) is 0 Å². The highest BCUT2D eigenvalue weighted by atomic mass is 32.2. The van der Waals surface area contributed by atoms with Gasteiger partial charge in [0.1, 0.15) is 0 Å². The minimum Gasteiger partial charge on any atom is -0.298 e. The summed E-state index contributed by atoms with van der Waals surface area (Å²) >= 11 is 0. The number of rotatable bonds is 6. The van der Waals surface area contributed by atoms with Crippen molar-refractivity contribution < 1.29 is 8.42 Å². The van der Waals surface area contributed by atoms with Crippen LogP contribution in [-0.2, 0) is 22.7 Å². The normalized spacial score (nSPS) is 22.2. The van der Waals surface area contributed by atoms with Gasteiger partial charge in [-0.05, 0) is 106 Å². The van der Waals surface area contributed by atoms with E-state index in [0.717, 1.165) is 47.9 Å². The number of nitrogens with zero attached hydrogens (tertiary/aromatic N) is 3. The predicted octanol–water partition coefficient (Wildman–Crippen LogP) is 6.35. The Morgan fingerprint density at radius 1 is 0.923 bits per heavy atom. The van der Waals surface area contributed by atoms with Gasteiger partial charge < -0.3 is 0 Å². The van der Waals surface area contributed by atoms with Gasteiger partial charge in [-0.2, -0.15) is 5.10 Å². The number of pyridine rings is 1. The first-order valence-corrected chi connectivity index (χ1v) is 16.1. The Morgan fingerprint density at radius 3 is 2.36 bits per heavy atom. The topological polar surface area (TPSA) is 79.0 Å². The van der Waals surface area contributed by atoms with E-state index < -0.39 is 9.84 Å². The fourth-order valence-corrected chi connectivity index (χ4v) is 8.54. The molecule has 202 valence electrons. The highest BCUT2D eigenvalue weighted by molar-refractivity contribution is 7.92. The molecule has 39 heavy (non-hydrogen) atoms. The Labute approximate surface area is 230 Å². The summed E-state index contributed by atoms with van der Waals surface area (Å²) in [7, 11) is -3.20. The maximum Gasteiger partial charge on any atom is 0.181 e. The lowest BCUT2D eigenvalue weighted by molar-refractivity contribution is 0.0938. The van der Waals surface area contributed by atoms with Crippen molar-refractivity contribution in [2.24, 2.45) is 0 Å². The molecular formula is C32H36N4O2S. The number of hydrogen-bond donors (Lipinski definition) is 1. The highest BCUT2D eigenvalue weighted by Crippen LogP contribution is 2.39. The predicted molar refractivity (Wildman–Crippen MR) is 155 cm³/mol. The SMILES string of the molecule is CCC1(N2CCCC2)CCc2ccc(-c3cnc4n[nH]c(-c5ccc(S(=O)(=O)C6CC6)cc5)c4c3)cc2CC1. The van der Waals surface area contributed by atoms with Crippen LogP contribution in [-0.4, -0.2) is 52.4 Å². The molecule has 7 heteroatoms. The van der Waals surface area contributed by atoms with Crippen molar-refractivity contribution in [3.8, 4) is 22.4 Å². The van der Waals surface area contributed by atoms with Crippen LogP contribution >= 0.6 is 0 Å². The average Bonchev–Trinajstić information content (AvgIpc) is 3.59. The van der Waals surface area contributed by atoms with Crippen molar-refractivity contribution in [2.45, 2.75) is 80.4 Å². The molecule has 2 aliphatic carbocycles. The fourth-order valence-electron chi connectivity index (χ4n) is 6.89. The standard InChI is InChI=1S/C32H36N4O2S/c1-2-32(36-17-3-4-18-36)15-13-22-5-6-24(19-25(22)14-16-32)26-20-29-30(34-35-31(29)33-21-26)23-7-9-27(10-8-23)39(37,38)28-11-12-28/h5-10,19-21,28H,2-4,11-18H2,1H3,(H,33,34,35). The number of aromatic amines is 1. The molecule has 2 aromatic carbocycles. The lowest BCUT2D eigenvalue weighted by Gasteiger charge is -2.41. The number of likely N-dealkylation sites (tertiary alicyclic amines) is 1. The van der Waals surface area contributed by atoms with Gasteiger partial charge in [0.15, 0.2) is 15.5 Å². The maximum absolute atomic E-state index is 12.6. The quantitative estimate of drug-likeness (QED) is 0.288. The lowest BCUT2D eigenvalue weighted by atomic mass is 9.85. The van der Waals surface area contributed by atoms with Crippen molar-refractivity contribution in [3.05, 3.63) is 65.9 Å². The fraction of sp³-hybridized carbons (Fsp3) is 0.438. The van der Waals surface area contributed by atoms with Gasteiger partial charge in [0, 0.05) is 28.2 Å². The minimum absolute atomic E-state index is 0.206. The van der Waals surface area contributed by atoms with Crippen LogP contribution in [0.3, 0.4) is 0 Å². The number of fused-ring (bicyclic) bond motifs is 2. The van der Waals surface area contributed by atoms with E-state index in [9.17, 15) is 8.42 Å². The smallest absolute Gasteiger partial charge is 0.181 e. The molecule has 0 spiro atoms. The molecule has 2 fully saturated rings. The van der Waals surface area contributed by atoms with E-state index in [-0.39, 0.29) is 5.25 Å². The van der Waals surface area contributed by atoms with E-state index in [1.54, 1.807) is 12.1 Å². The third kappa shape index (κ3) is 4.40. The molecule has 1 atom stereocenters. The van der Waals surface area contributed by atoms with Gasteiger partial charge >= 0.3 is 0 Å². The van der Waals surface area contributed by atoms with Gasteiger partial charge in [-0.1, -0.05) is 37.3 Å². The van der Waals surface area contributed by atoms with E-state index >= 15 is 0 Å². The molecule has 3 heterocycles. The number of hydrogen-bond acceptors (Lipinski definition) is 5. The molecule has 1 saturated heterocycles. The largest absolute Gasteiger partial charge is 0.298 e. The zero-order valence-electron chi connectivity index (χ0n) is 22.6. The Bertz CT molecular complexity index is 1630. The zero-order chi connectivity index (χ0) is 26.6. The first kappa shape index (κ1) is 25.0. The minimum atomic E-state index is -3.20. The number of nitrogens with one attached hydrogen (secondary N) is 1. The molecule has 0 amide bonds. The van der Waals surface area contributed by atoms with Crippen LogP contribution in [0.15, 0.2) is 59.6 Å². The van der Waals surface area contributed by atoms with Crippen LogP contribution in [0.25, 0.3) is 33.4 Å². The van der Waals surface area contributed by atoms with Gasteiger partial charge in [0.05, 0.1) is 15.8 Å². The van der Waals surface area contributed by atoms with Crippen LogP contribution in [0.4, 0.5) is 0 Å². The molecule has 3 aliphatic rings. The van der Waals surface area contributed by atoms with Crippen molar-refractivity contribution in [3.63, 3.8) is 0 Å². The van der Waals surface area contributed by atoms with E-state index in [1.165, 1.54) is 61.9 Å². The zero-order valence-corrected chi connectivity index (χ0v) is 23.4. The Balaban J connectivity index is 1.18. The van der Waals surface area contributed by atoms with Gasteiger partial charge in [-0.25, -0.2) is 13.4 Å². The number of sulfone groups is 1. The van der Waals surface area contributed by atoms with Crippen LogP contribution < -0.4 is 0 Å². The third-order valence-electron chi connectivity index (χ3n) is 9.54. The van der Waals surface area contributed by atoms with Gasteiger partial charge in [0.2, 0.25) is 0 Å². The maximum atomic E-state index is 12.6. The number of aromatic nitrogens is 3. The molecule has 0 bridgehead atoms. The number of aryl methyl sites for hydroxylation is 2. The van der Waals surface area contributed by atoms with E-state index in [1.807, 2.05) is 18.3 Å². The molecule has 4 aromatic rings. The summed E-state index contributed by atoms with van der Waals surface area (Å²) in [6.45, 7) is 4.89. The molecular weight excluding hydrogens is 504 g/mol. The second-order valence-electron chi connectivity index (χ2n) is 11.7. The van der Waals surface area contributed by atoms with Crippen molar-refractivity contribution in [1.29, 1.82) is 0 Å². The monoisotopic (exact) mass is 540 g/mol. The van der Waals surface area contributed by atoms with Crippen molar-refractivity contribution in [1.82, 2.24) is 20.1 Å². The van der Waals surface area contributed by atoms with E-state index in [0.29, 0.717) is 16.1 Å². The molecule has 1 saturated carbocycles. The summed E-state index contributed by atoms with van der Waals surface area (Å²) < 4.78 is 25.2. The van der Waals surface area contributed by atoms with Crippen molar-refractivity contribution >= 4 is 20.9 Å². The lowest BCUT2D eigenvalue weighted by Crippen LogP contribution is -2.47. The summed E-state index contributed by atoms with van der Waals surface area (Å²) in [6.07, 6.45) is 12.1. The van der Waals surface area contributed by atoms with Crippen LogP contribution in [0, 0.1) is 0 Å². The molecule has 1 unspecified atom stereocenters. The summed E-state index contributed by atoms with van der Waals surface area (Å²) in [5.74, 6) is 0. The molecule has 6 nitrogen and oxygen atoms in total. The van der Waals surface area contributed by atoms with E-state index in [2.05, 4.69) is 51.3 Å². The van der Waals surface area contributed by atoms with Gasteiger partial charge in [0.25, 0.3) is 0 Å². The van der Waals surface area contributed by atoms with Crippen molar-refractivity contribution in [2.75, 3.05) is 13.1 Å². The van der Waals surface area contributed by atoms with Gasteiger partial charge in [-0.3, -0.25) is 10.00 Å². The van der Waals surface area contributed by atoms with E-state index in [4.69, 9.17) is 0 Å². The highest BCUT2D eigenvalue weighted by Gasteiger charge is 2.38. The molecule has 2 aromatic heterocycles. The third-order valence-corrected chi connectivity index (χ3v) is 11.8. The van der Waals surface area contributed by atoms with Crippen LogP contribution in [0.1, 0.15) is 63.0 Å². The second-order valence-corrected chi connectivity index (χ2v) is 13.9.